The quantitative estimate of drug-likeness (QED) is 0.744. The molecule has 2 aromatic rings. The maximum atomic E-state index is 13.4. The monoisotopic (exact) mass is 432 g/mol. The van der Waals surface area contributed by atoms with Crippen LogP contribution in [0, 0.1) is 11.3 Å². The lowest BCUT2D eigenvalue weighted by Gasteiger charge is -2.45. The number of benzene rings is 1. The molecule has 0 bridgehead atoms. The van der Waals surface area contributed by atoms with Crippen LogP contribution >= 0.6 is 0 Å². The van der Waals surface area contributed by atoms with E-state index in [9.17, 15) is 13.2 Å². The molecule has 30 heavy (non-hydrogen) atoms. The number of furan rings is 1. The van der Waals surface area contributed by atoms with Crippen molar-refractivity contribution in [3.05, 3.63) is 48.4 Å². The van der Waals surface area contributed by atoms with Crippen molar-refractivity contribution in [2.75, 3.05) is 32.8 Å². The number of para-hydroxylation sites is 1. The lowest BCUT2D eigenvalue weighted by Crippen LogP contribution is -2.53. The molecule has 0 radical (unpaired) electrons. The molecule has 4 rings (SSSR count). The first-order valence-electron chi connectivity index (χ1n) is 10.4. The van der Waals surface area contributed by atoms with Crippen LogP contribution in [-0.4, -0.2) is 56.3 Å². The molecule has 0 unspecified atom stereocenters. The molecule has 1 fully saturated rings. The smallest absolute Gasteiger partial charge is 0.289 e. The minimum absolute atomic E-state index is 0.126. The van der Waals surface area contributed by atoms with Gasteiger partial charge in [0.2, 0.25) is 10.0 Å². The van der Waals surface area contributed by atoms with Gasteiger partial charge in [-0.15, -0.1) is 0 Å². The fourth-order valence-electron chi connectivity index (χ4n) is 4.27. The van der Waals surface area contributed by atoms with Gasteiger partial charge in [0.1, 0.15) is 10.6 Å². The molecule has 0 N–H and O–H groups in total. The van der Waals surface area contributed by atoms with E-state index in [1.165, 1.54) is 6.26 Å². The van der Waals surface area contributed by atoms with Gasteiger partial charge in [0.25, 0.3) is 5.91 Å². The molecule has 1 saturated heterocycles. The highest BCUT2D eigenvalue weighted by Gasteiger charge is 2.43. The number of hydrogen-bond donors (Lipinski definition) is 0. The zero-order chi connectivity index (χ0) is 21.4. The van der Waals surface area contributed by atoms with Crippen LogP contribution in [0.3, 0.4) is 0 Å². The van der Waals surface area contributed by atoms with Crippen LogP contribution in [0.4, 0.5) is 0 Å². The summed E-state index contributed by atoms with van der Waals surface area (Å²) in [5, 5.41) is 0. The number of fused-ring (bicyclic) bond motifs is 1. The summed E-state index contributed by atoms with van der Waals surface area (Å²) >= 11 is 0. The Hall–Kier alpha value is -2.32. The normalized spacial score (nSPS) is 21.0. The lowest BCUT2D eigenvalue weighted by molar-refractivity contribution is 0.0275. The number of carbonyl (C=O) groups excluding carboxylic acids is 1. The predicted molar refractivity (Wildman–Crippen MR) is 112 cm³/mol. The first kappa shape index (κ1) is 20.9. The van der Waals surface area contributed by atoms with Crippen LogP contribution < -0.4 is 4.74 Å². The van der Waals surface area contributed by atoms with Crippen molar-refractivity contribution in [1.82, 2.24) is 9.21 Å². The number of likely N-dealkylation sites (tertiary alicyclic amines) is 1. The summed E-state index contributed by atoms with van der Waals surface area (Å²) in [7, 11) is -3.67. The number of rotatable bonds is 3. The van der Waals surface area contributed by atoms with Gasteiger partial charge in [0.15, 0.2) is 5.76 Å². The minimum Gasteiger partial charge on any atom is -0.492 e. The lowest BCUT2D eigenvalue weighted by atomic mass is 9.78. The van der Waals surface area contributed by atoms with Gasteiger partial charge in [0.05, 0.1) is 12.9 Å². The second-order valence-electron chi connectivity index (χ2n) is 8.70. The first-order valence-corrected chi connectivity index (χ1v) is 11.8. The number of hydrogen-bond acceptors (Lipinski definition) is 5. The molecule has 0 saturated carbocycles. The fraction of sp³-hybridized carbons (Fsp3) is 0.500. The summed E-state index contributed by atoms with van der Waals surface area (Å²) in [6.45, 7) is 6.40. The highest BCUT2D eigenvalue weighted by atomic mass is 32.2. The third kappa shape index (κ3) is 3.98. The van der Waals surface area contributed by atoms with Crippen molar-refractivity contribution in [3.63, 3.8) is 0 Å². The summed E-state index contributed by atoms with van der Waals surface area (Å²) in [5.74, 6) is 0.806. The van der Waals surface area contributed by atoms with Crippen LogP contribution in [-0.2, 0) is 10.0 Å². The number of ether oxygens (including phenoxy) is 1. The maximum absolute atomic E-state index is 13.4. The third-order valence-corrected chi connectivity index (χ3v) is 7.78. The summed E-state index contributed by atoms with van der Waals surface area (Å²) in [5.41, 5.74) is -0.338. The summed E-state index contributed by atoms with van der Waals surface area (Å²) < 4.78 is 39.8. The van der Waals surface area contributed by atoms with Crippen molar-refractivity contribution in [1.29, 1.82) is 0 Å². The van der Waals surface area contributed by atoms with Crippen LogP contribution in [0.5, 0.6) is 5.75 Å². The van der Waals surface area contributed by atoms with E-state index >= 15 is 0 Å². The molecular weight excluding hydrogens is 404 g/mol. The van der Waals surface area contributed by atoms with E-state index in [0.29, 0.717) is 57.1 Å². The van der Waals surface area contributed by atoms with Gasteiger partial charge < -0.3 is 14.1 Å². The Labute approximate surface area is 177 Å². The zero-order valence-electron chi connectivity index (χ0n) is 17.4. The van der Waals surface area contributed by atoms with Crippen molar-refractivity contribution in [2.24, 2.45) is 11.3 Å². The molecule has 8 heteroatoms. The number of carbonyl (C=O) groups is 1. The Bertz CT molecular complexity index is 992. The first-order chi connectivity index (χ1) is 14.3. The molecule has 1 aromatic heterocycles. The Morgan fingerprint density at radius 3 is 2.53 bits per heavy atom. The van der Waals surface area contributed by atoms with Crippen LogP contribution in [0.1, 0.15) is 37.2 Å². The van der Waals surface area contributed by atoms with Crippen molar-refractivity contribution in [3.8, 4) is 5.75 Å². The van der Waals surface area contributed by atoms with E-state index in [1.807, 2.05) is 13.8 Å². The highest BCUT2D eigenvalue weighted by Crippen LogP contribution is 2.39. The van der Waals surface area contributed by atoms with Gasteiger partial charge in [-0.3, -0.25) is 4.79 Å². The van der Waals surface area contributed by atoms with Gasteiger partial charge in [0, 0.05) is 31.6 Å². The SMILES string of the molecule is CC(C)CN1CC2(CCN(C(=O)c3ccco3)CC2)COc2ccccc2S1(=O)=O. The maximum Gasteiger partial charge on any atom is 0.289 e. The highest BCUT2D eigenvalue weighted by molar-refractivity contribution is 7.89. The van der Waals surface area contributed by atoms with Gasteiger partial charge in [-0.05, 0) is 43.0 Å². The average molecular weight is 433 g/mol. The third-order valence-electron chi connectivity index (χ3n) is 5.92. The summed E-state index contributed by atoms with van der Waals surface area (Å²) in [4.78, 5) is 14.6. The molecule has 1 amide bonds. The van der Waals surface area contributed by atoms with Crippen LogP contribution in [0.2, 0.25) is 0 Å². The second-order valence-corrected chi connectivity index (χ2v) is 10.6. The zero-order valence-corrected chi connectivity index (χ0v) is 18.2. The van der Waals surface area contributed by atoms with E-state index in [1.54, 1.807) is 45.6 Å². The van der Waals surface area contributed by atoms with E-state index in [0.717, 1.165) is 0 Å². The molecule has 0 atom stereocenters. The molecule has 2 aliphatic heterocycles. The van der Waals surface area contributed by atoms with Gasteiger partial charge in [-0.2, -0.15) is 4.31 Å². The molecule has 0 aliphatic carbocycles. The van der Waals surface area contributed by atoms with Crippen LogP contribution in [0.25, 0.3) is 0 Å². The number of amides is 1. The van der Waals surface area contributed by atoms with Gasteiger partial charge in [-0.1, -0.05) is 26.0 Å². The Morgan fingerprint density at radius 2 is 1.87 bits per heavy atom. The largest absolute Gasteiger partial charge is 0.492 e. The Balaban J connectivity index is 1.60. The van der Waals surface area contributed by atoms with Crippen molar-refractivity contribution >= 4 is 15.9 Å². The molecule has 1 spiro atoms. The average Bonchev–Trinajstić information content (AvgIpc) is 3.26. The predicted octanol–water partition coefficient (Wildman–Crippen LogP) is 3.24. The topological polar surface area (TPSA) is 80.1 Å². The molecule has 162 valence electrons. The Kier molecular flexibility index (Phi) is 5.63. The van der Waals surface area contributed by atoms with E-state index in [-0.39, 0.29) is 22.1 Å². The Morgan fingerprint density at radius 1 is 1.13 bits per heavy atom. The summed E-state index contributed by atoms with van der Waals surface area (Å²) in [6.07, 6.45) is 2.84. The van der Waals surface area contributed by atoms with E-state index in [2.05, 4.69) is 0 Å². The van der Waals surface area contributed by atoms with Gasteiger partial charge in [-0.25, -0.2) is 8.42 Å². The molecule has 7 nitrogen and oxygen atoms in total. The van der Waals surface area contributed by atoms with E-state index < -0.39 is 10.0 Å². The number of nitrogens with zero attached hydrogens (tertiary/aromatic N) is 2. The minimum atomic E-state index is -3.67. The molecule has 2 aliphatic rings. The van der Waals surface area contributed by atoms with Gasteiger partial charge >= 0.3 is 0 Å². The standard InChI is InChI=1S/C22H28N2O5S/c1-17(2)14-24-15-22(16-29-18-6-3-4-8-20(18)30(24,26)27)9-11-23(12-10-22)21(25)19-7-5-13-28-19/h3-8,13,17H,9-12,14-16H2,1-2H3. The van der Waals surface area contributed by atoms with Crippen LogP contribution in [0.15, 0.2) is 52.0 Å². The molecular formula is C22H28N2O5S. The fourth-order valence-corrected chi connectivity index (χ4v) is 6.12. The van der Waals surface area contributed by atoms with E-state index in [4.69, 9.17) is 9.15 Å². The molecule has 3 heterocycles. The second kappa shape index (κ2) is 8.07. The van der Waals surface area contributed by atoms with Crippen molar-refractivity contribution < 1.29 is 22.4 Å². The number of piperidine rings is 1. The molecule has 1 aromatic carbocycles. The summed E-state index contributed by atoms with van der Waals surface area (Å²) in [6, 6.07) is 10.2. The van der Waals surface area contributed by atoms with Crippen molar-refractivity contribution in [2.45, 2.75) is 31.6 Å². The number of sulfonamides is 1.